The van der Waals surface area contributed by atoms with E-state index in [1.807, 2.05) is 45.0 Å². The van der Waals surface area contributed by atoms with E-state index in [0.29, 0.717) is 44.5 Å². The van der Waals surface area contributed by atoms with E-state index >= 15 is 0 Å². The van der Waals surface area contributed by atoms with Crippen molar-refractivity contribution >= 4 is 11.6 Å². The summed E-state index contributed by atoms with van der Waals surface area (Å²) in [6, 6.07) is 7.45. The van der Waals surface area contributed by atoms with Gasteiger partial charge >= 0.3 is 0 Å². The topological polar surface area (TPSA) is 64.5 Å². The van der Waals surface area contributed by atoms with Crippen molar-refractivity contribution in [3.8, 4) is 11.6 Å². The number of anilines is 1. The smallest absolute Gasteiger partial charge is 0.278 e. The van der Waals surface area contributed by atoms with E-state index in [2.05, 4.69) is 9.97 Å². The fourth-order valence-corrected chi connectivity index (χ4v) is 3.67. The number of nitrogens with zero attached hydrogens (tertiary/aromatic N) is 3. The third kappa shape index (κ3) is 6.82. The molecule has 0 spiro atoms. The average Bonchev–Trinajstić information content (AvgIpc) is 3.20. The van der Waals surface area contributed by atoms with Gasteiger partial charge < -0.3 is 14.4 Å². The fraction of sp³-hybridized carbons (Fsp3) is 0.542. The Morgan fingerprint density at radius 2 is 1.91 bits per heavy atom. The molecule has 1 aromatic carbocycles. The molecule has 180 valence electrons. The number of halogens is 3. The van der Waals surface area contributed by atoms with Gasteiger partial charge in [0.1, 0.15) is 24.0 Å². The second-order valence-corrected chi connectivity index (χ2v) is 9.00. The van der Waals surface area contributed by atoms with Gasteiger partial charge in [-0.15, -0.1) is 0 Å². The minimum atomic E-state index is -3.10. The van der Waals surface area contributed by atoms with E-state index in [4.69, 9.17) is 9.47 Å². The molecular weight excluding hydrogens is 435 g/mol. The molecule has 1 fully saturated rings. The molecule has 1 saturated heterocycles. The van der Waals surface area contributed by atoms with Crippen LogP contribution in [0.15, 0.2) is 30.6 Å². The molecule has 3 rings (SSSR count). The van der Waals surface area contributed by atoms with Crippen molar-refractivity contribution in [2.75, 3.05) is 24.6 Å². The van der Waals surface area contributed by atoms with Gasteiger partial charge in [0.05, 0.1) is 6.54 Å². The Morgan fingerprint density at radius 1 is 1.21 bits per heavy atom. The largest absolute Gasteiger partial charge is 0.489 e. The van der Waals surface area contributed by atoms with Gasteiger partial charge in [0.25, 0.3) is 11.8 Å². The van der Waals surface area contributed by atoms with Gasteiger partial charge in [-0.1, -0.05) is 32.9 Å². The minimum absolute atomic E-state index is 0.00152. The van der Waals surface area contributed by atoms with Crippen molar-refractivity contribution in [1.82, 2.24) is 9.97 Å². The van der Waals surface area contributed by atoms with Crippen LogP contribution in [0.5, 0.6) is 11.6 Å². The summed E-state index contributed by atoms with van der Waals surface area (Å²) in [5, 5.41) is 0. The molecule has 0 amide bonds. The average molecular weight is 466 g/mol. The number of alkyl halides is 2. The van der Waals surface area contributed by atoms with Gasteiger partial charge in [-0.2, -0.15) is 9.37 Å². The predicted molar refractivity (Wildman–Crippen MR) is 119 cm³/mol. The lowest BCUT2D eigenvalue weighted by atomic mass is 9.92. The number of carbonyl (C=O) groups is 1. The summed E-state index contributed by atoms with van der Waals surface area (Å²) in [6.07, 6.45) is 2.08. The van der Waals surface area contributed by atoms with Crippen molar-refractivity contribution < 1.29 is 27.4 Å². The summed E-state index contributed by atoms with van der Waals surface area (Å²) in [5.74, 6) is -3.45. The van der Waals surface area contributed by atoms with Crippen LogP contribution in [0, 0.1) is 11.7 Å². The van der Waals surface area contributed by atoms with E-state index in [-0.39, 0.29) is 23.6 Å². The highest BCUT2D eigenvalue weighted by Crippen LogP contribution is 2.29. The Kier molecular flexibility index (Phi) is 7.81. The third-order valence-electron chi connectivity index (χ3n) is 5.42. The molecule has 0 bridgehead atoms. The van der Waals surface area contributed by atoms with Crippen molar-refractivity contribution in [3.05, 3.63) is 42.0 Å². The Labute approximate surface area is 192 Å². The molecule has 2 aromatic rings. The summed E-state index contributed by atoms with van der Waals surface area (Å²) in [7, 11) is 0. The highest BCUT2D eigenvalue weighted by molar-refractivity contribution is 5.85. The molecule has 0 N–H and O–H groups in total. The number of carbonyl (C=O) groups excluding carboxylic acids is 1. The Hall–Kier alpha value is -2.84. The molecule has 0 saturated carbocycles. The maximum atomic E-state index is 14.7. The van der Waals surface area contributed by atoms with Crippen LogP contribution in [0.3, 0.4) is 0 Å². The first-order chi connectivity index (χ1) is 15.5. The van der Waals surface area contributed by atoms with Crippen LogP contribution in [0.4, 0.5) is 19.0 Å². The van der Waals surface area contributed by atoms with Gasteiger partial charge in [-0.05, 0) is 23.6 Å². The molecule has 2 atom stereocenters. The third-order valence-corrected chi connectivity index (χ3v) is 5.42. The zero-order valence-electron chi connectivity index (χ0n) is 19.4. The SMILES string of the molecule is CC(C)CC(=O)C(C)c1ccc(O[C@@H]2CCN(c3ncnc(OCC(C)(F)F)c3F)C2)cc1. The van der Waals surface area contributed by atoms with Gasteiger partial charge in [0.2, 0.25) is 5.82 Å². The quantitative estimate of drug-likeness (QED) is 0.491. The number of aromatic nitrogens is 2. The van der Waals surface area contributed by atoms with Gasteiger partial charge in [-0.25, -0.2) is 13.8 Å². The number of ether oxygens (including phenoxy) is 2. The lowest BCUT2D eigenvalue weighted by Gasteiger charge is -2.20. The number of Topliss-reactive ketones (excluding diaryl/α,β-unsaturated/α-hetero) is 1. The van der Waals surface area contributed by atoms with E-state index in [1.54, 1.807) is 4.90 Å². The van der Waals surface area contributed by atoms with Crippen molar-refractivity contribution in [1.29, 1.82) is 0 Å². The highest BCUT2D eigenvalue weighted by Gasteiger charge is 2.30. The van der Waals surface area contributed by atoms with Crippen molar-refractivity contribution in [2.24, 2.45) is 5.92 Å². The highest BCUT2D eigenvalue weighted by atomic mass is 19.3. The Morgan fingerprint density at radius 3 is 2.55 bits per heavy atom. The summed E-state index contributed by atoms with van der Waals surface area (Å²) in [4.78, 5) is 21.6. The lowest BCUT2D eigenvalue weighted by molar-refractivity contribution is -0.120. The molecular formula is C24H30F3N3O3. The van der Waals surface area contributed by atoms with Crippen LogP contribution in [-0.2, 0) is 4.79 Å². The maximum absolute atomic E-state index is 14.7. The summed E-state index contributed by atoms with van der Waals surface area (Å²) in [5.41, 5.74) is 0.939. The first kappa shape index (κ1) is 24.8. The van der Waals surface area contributed by atoms with Gasteiger partial charge in [0.15, 0.2) is 12.4 Å². The molecule has 1 aromatic heterocycles. The molecule has 33 heavy (non-hydrogen) atoms. The lowest BCUT2D eigenvalue weighted by Crippen LogP contribution is -2.27. The summed E-state index contributed by atoms with van der Waals surface area (Å²) >= 11 is 0. The molecule has 2 heterocycles. The van der Waals surface area contributed by atoms with E-state index in [1.165, 1.54) is 0 Å². The molecule has 9 heteroatoms. The number of rotatable bonds is 10. The van der Waals surface area contributed by atoms with Gasteiger partial charge in [0, 0.05) is 32.2 Å². The maximum Gasteiger partial charge on any atom is 0.278 e. The Bertz CT molecular complexity index is 948. The molecule has 1 unspecified atom stereocenters. The first-order valence-electron chi connectivity index (χ1n) is 11.1. The van der Waals surface area contributed by atoms with Crippen LogP contribution >= 0.6 is 0 Å². The Balaban J connectivity index is 1.59. The second kappa shape index (κ2) is 10.4. The molecule has 1 aliphatic heterocycles. The zero-order valence-corrected chi connectivity index (χ0v) is 19.4. The second-order valence-electron chi connectivity index (χ2n) is 9.00. The van der Waals surface area contributed by atoms with Crippen LogP contribution in [-0.4, -0.2) is 47.5 Å². The van der Waals surface area contributed by atoms with Gasteiger partial charge in [-0.3, -0.25) is 4.79 Å². The fourth-order valence-electron chi connectivity index (χ4n) is 3.67. The monoisotopic (exact) mass is 465 g/mol. The molecule has 0 aliphatic carbocycles. The molecule has 1 aliphatic rings. The van der Waals surface area contributed by atoms with Crippen LogP contribution < -0.4 is 14.4 Å². The zero-order chi connectivity index (χ0) is 24.2. The first-order valence-corrected chi connectivity index (χ1v) is 11.1. The number of benzene rings is 1. The van der Waals surface area contributed by atoms with Crippen LogP contribution in [0.1, 0.15) is 52.0 Å². The van der Waals surface area contributed by atoms with E-state index in [9.17, 15) is 18.0 Å². The standard InChI is InChI=1S/C24H30F3N3O3/c1-15(2)11-20(31)16(3)17-5-7-18(8-6-17)33-19-9-10-30(12-19)22-21(25)23(29-14-28-22)32-13-24(4,26)27/h5-8,14-16,19H,9-13H2,1-4H3/t16?,19-/m1/s1. The normalized spacial score (nSPS) is 17.3. The van der Waals surface area contributed by atoms with E-state index < -0.39 is 24.2 Å². The predicted octanol–water partition coefficient (Wildman–Crippen LogP) is 5.03. The van der Waals surface area contributed by atoms with E-state index in [0.717, 1.165) is 11.9 Å². The molecule has 0 radical (unpaired) electrons. The number of hydrogen-bond donors (Lipinski definition) is 0. The number of hydrogen-bond acceptors (Lipinski definition) is 6. The van der Waals surface area contributed by atoms with Crippen LogP contribution in [0.2, 0.25) is 0 Å². The van der Waals surface area contributed by atoms with Crippen molar-refractivity contribution in [2.45, 2.75) is 58.5 Å². The summed E-state index contributed by atoms with van der Waals surface area (Å²) in [6.45, 7) is 6.54. The molecule has 6 nitrogen and oxygen atoms in total. The number of ketones is 1. The summed E-state index contributed by atoms with van der Waals surface area (Å²) < 4.78 is 51.6. The van der Waals surface area contributed by atoms with Crippen LogP contribution in [0.25, 0.3) is 0 Å². The van der Waals surface area contributed by atoms with Crippen molar-refractivity contribution in [3.63, 3.8) is 0 Å². The minimum Gasteiger partial charge on any atom is -0.489 e.